The fourth-order valence-electron chi connectivity index (χ4n) is 4.64. The van der Waals surface area contributed by atoms with Gasteiger partial charge in [-0.05, 0) is 56.5 Å². The Morgan fingerprint density at radius 2 is 1.87 bits per heavy atom. The number of benzene rings is 1. The van der Waals surface area contributed by atoms with E-state index in [2.05, 4.69) is 32.1 Å². The van der Waals surface area contributed by atoms with E-state index in [0.29, 0.717) is 46.1 Å². The number of aromatic nitrogens is 5. The third kappa shape index (κ3) is 5.82. The first-order valence-corrected chi connectivity index (χ1v) is 14.0. The Hall–Kier alpha value is -2.98. The number of imidazole rings is 1. The van der Waals surface area contributed by atoms with Crippen LogP contribution in [-0.4, -0.2) is 74.3 Å². The Morgan fingerprint density at radius 3 is 2.62 bits per heavy atom. The molecule has 1 aromatic carbocycles. The molecular weight excluding hydrogens is 537 g/mol. The summed E-state index contributed by atoms with van der Waals surface area (Å²) < 4.78 is 14.2. The van der Waals surface area contributed by atoms with E-state index in [0.717, 1.165) is 68.1 Å². The van der Waals surface area contributed by atoms with Gasteiger partial charge >= 0.3 is 0 Å². The van der Waals surface area contributed by atoms with E-state index in [1.165, 1.54) is 6.33 Å². The van der Waals surface area contributed by atoms with Crippen molar-refractivity contribution < 1.29 is 9.47 Å². The third-order valence-electron chi connectivity index (χ3n) is 7.28. The second kappa shape index (κ2) is 10.9. The SMILES string of the molecule is Cc1cnc(Cn2c(-c3ccc(OCCN4CCNCC4)cc3Cl)nc3c(OC4(C)CC4)ncnc32)cc1Cl. The average Bonchev–Trinajstić information content (AvgIpc) is 3.54. The highest BCUT2D eigenvalue weighted by Crippen LogP contribution is 2.41. The van der Waals surface area contributed by atoms with E-state index in [1.807, 2.05) is 35.8 Å². The fourth-order valence-corrected chi connectivity index (χ4v) is 5.07. The number of nitrogens with zero attached hydrogens (tertiary/aromatic N) is 6. The number of fused-ring (bicyclic) bond motifs is 1. The maximum absolute atomic E-state index is 6.84. The van der Waals surface area contributed by atoms with Crippen molar-refractivity contribution in [1.29, 1.82) is 0 Å². The smallest absolute Gasteiger partial charge is 0.245 e. The van der Waals surface area contributed by atoms with Crippen molar-refractivity contribution in [1.82, 2.24) is 34.7 Å². The molecule has 1 aliphatic carbocycles. The molecule has 1 N–H and O–H groups in total. The minimum absolute atomic E-state index is 0.210. The van der Waals surface area contributed by atoms with Crippen LogP contribution in [0.25, 0.3) is 22.6 Å². The second-order valence-corrected chi connectivity index (χ2v) is 11.2. The average molecular weight is 569 g/mol. The number of halogens is 2. The lowest BCUT2D eigenvalue weighted by molar-refractivity contribution is 0.191. The molecule has 0 spiro atoms. The van der Waals surface area contributed by atoms with E-state index in [4.69, 9.17) is 37.7 Å². The van der Waals surface area contributed by atoms with Gasteiger partial charge in [0.15, 0.2) is 11.2 Å². The van der Waals surface area contributed by atoms with Crippen molar-refractivity contribution in [3.05, 3.63) is 58.1 Å². The topological polar surface area (TPSA) is 90.2 Å². The molecule has 2 fully saturated rings. The van der Waals surface area contributed by atoms with Crippen LogP contribution in [0.5, 0.6) is 11.6 Å². The molecule has 1 saturated heterocycles. The quantitative estimate of drug-likeness (QED) is 0.309. The Labute approximate surface area is 237 Å². The Morgan fingerprint density at radius 1 is 1.05 bits per heavy atom. The van der Waals surface area contributed by atoms with Crippen molar-refractivity contribution in [3.8, 4) is 23.0 Å². The summed E-state index contributed by atoms with van der Waals surface area (Å²) in [5.74, 6) is 1.84. The summed E-state index contributed by atoms with van der Waals surface area (Å²) in [6, 6.07) is 7.57. The van der Waals surface area contributed by atoms with Crippen LogP contribution in [-0.2, 0) is 6.54 Å². The van der Waals surface area contributed by atoms with Gasteiger partial charge in [0.05, 0.1) is 17.3 Å². The maximum atomic E-state index is 6.84. The van der Waals surface area contributed by atoms with E-state index < -0.39 is 0 Å². The predicted molar refractivity (Wildman–Crippen MR) is 152 cm³/mol. The monoisotopic (exact) mass is 567 g/mol. The summed E-state index contributed by atoms with van der Waals surface area (Å²) in [5, 5.41) is 4.56. The van der Waals surface area contributed by atoms with Crippen LogP contribution in [0.1, 0.15) is 31.0 Å². The van der Waals surface area contributed by atoms with Crippen LogP contribution < -0.4 is 14.8 Å². The van der Waals surface area contributed by atoms with Crippen LogP contribution in [0.2, 0.25) is 10.0 Å². The minimum atomic E-state index is -0.210. The van der Waals surface area contributed by atoms with Gasteiger partial charge in [0.25, 0.3) is 0 Å². The highest BCUT2D eigenvalue weighted by Gasteiger charge is 2.41. The molecule has 4 heterocycles. The molecule has 204 valence electrons. The molecule has 11 heteroatoms. The number of nitrogens with one attached hydrogen (secondary N) is 1. The summed E-state index contributed by atoms with van der Waals surface area (Å²) in [7, 11) is 0. The molecule has 6 rings (SSSR count). The first kappa shape index (κ1) is 26.3. The van der Waals surface area contributed by atoms with Gasteiger partial charge in [0.2, 0.25) is 5.88 Å². The molecule has 39 heavy (non-hydrogen) atoms. The molecule has 1 aliphatic heterocycles. The Bertz CT molecular complexity index is 1500. The number of pyridine rings is 1. The minimum Gasteiger partial charge on any atom is -0.492 e. The number of ether oxygens (including phenoxy) is 2. The van der Waals surface area contributed by atoms with Gasteiger partial charge in [0.1, 0.15) is 30.1 Å². The maximum Gasteiger partial charge on any atom is 0.245 e. The number of piperazine rings is 1. The molecule has 0 amide bonds. The molecule has 0 atom stereocenters. The van der Waals surface area contributed by atoms with Crippen molar-refractivity contribution in [2.45, 2.75) is 38.8 Å². The Kier molecular flexibility index (Phi) is 7.33. The van der Waals surface area contributed by atoms with Gasteiger partial charge in [-0.1, -0.05) is 23.2 Å². The van der Waals surface area contributed by atoms with Crippen LogP contribution >= 0.6 is 23.2 Å². The van der Waals surface area contributed by atoms with Gasteiger partial charge in [0, 0.05) is 49.5 Å². The van der Waals surface area contributed by atoms with Crippen molar-refractivity contribution in [2.75, 3.05) is 39.3 Å². The zero-order chi connectivity index (χ0) is 27.0. The zero-order valence-electron chi connectivity index (χ0n) is 22.1. The molecule has 0 unspecified atom stereocenters. The lowest BCUT2D eigenvalue weighted by Gasteiger charge is -2.26. The highest BCUT2D eigenvalue weighted by molar-refractivity contribution is 6.33. The van der Waals surface area contributed by atoms with E-state index in [1.54, 1.807) is 6.20 Å². The van der Waals surface area contributed by atoms with Crippen LogP contribution in [0, 0.1) is 6.92 Å². The van der Waals surface area contributed by atoms with Crippen molar-refractivity contribution >= 4 is 34.4 Å². The van der Waals surface area contributed by atoms with Gasteiger partial charge in [-0.15, -0.1) is 0 Å². The highest BCUT2D eigenvalue weighted by atomic mass is 35.5. The lowest BCUT2D eigenvalue weighted by Crippen LogP contribution is -2.44. The summed E-state index contributed by atoms with van der Waals surface area (Å²) in [4.78, 5) is 20.9. The van der Waals surface area contributed by atoms with E-state index in [-0.39, 0.29) is 5.60 Å². The van der Waals surface area contributed by atoms with Gasteiger partial charge in [-0.3, -0.25) is 9.88 Å². The van der Waals surface area contributed by atoms with Crippen LogP contribution in [0.3, 0.4) is 0 Å². The van der Waals surface area contributed by atoms with Crippen LogP contribution in [0.4, 0.5) is 0 Å². The summed E-state index contributed by atoms with van der Waals surface area (Å²) in [5.41, 5.74) is 3.48. The Balaban J connectivity index is 1.33. The molecule has 9 nitrogen and oxygen atoms in total. The van der Waals surface area contributed by atoms with Crippen molar-refractivity contribution in [3.63, 3.8) is 0 Å². The summed E-state index contributed by atoms with van der Waals surface area (Å²) in [6.07, 6.45) is 5.25. The van der Waals surface area contributed by atoms with E-state index >= 15 is 0 Å². The number of hydrogen-bond acceptors (Lipinski definition) is 8. The van der Waals surface area contributed by atoms with E-state index in [9.17, 15) is 0 Å². The molecule has 2 aliphatic rings. The molecule has 0 radical (unpaired) electrons. The van der Waals surface area contributed by atoms with Gasteiger partial charge in [-0.25, -0.2) is 9.97 Å². The fraction of sp³-hybridized carbons (Fsp3) is 0.429. The number of rotatable bonds is 9. The second-order valence-electron chi connectivity index (χ2n) is 10.4. The molecular formula is C28H31Cl2N7O2. The van der Waals surface area contributed by atoms with Crippen molar-refractivity contribution in [2.24, 2.45) is 0 Å². The molecule has 4 aromatic rings. The number of aryl methyl sites for hydroxylation is 1. The largest absolute Gasteiger partial charge is 0.492 e. The molecule has 0 bridgehead atoms. The van der Waals surface area contributed by atoms with Crippen LogP contribution in [0.15, 0.2) is 36.8 Å². The first-order valence-electron chi connectivity index (χ1n) is 13.3. The summed E-state index contributed by atoms with van der Waals surface area (Å²) in [6.45, 7) is 9.99. The third-order valence-corrected chi connectivity index (χ3v) is 8.00. The van der Waals surface area contributed by atoms with Gasteiger partial charge in [-0.2, -0.15) is 4.98 Å². The zero-order valence-corrected chi connectivity index (χ0v) is 23.6. The summed E-state index contributed by atoms with van der Waals surface area (Å²) >= 11 is 13.3. The lowest BCUT2D eigenvalue weighted by atomic mass is 10.2. The first-order chi connectivity index (χ1) is 18.9. The number of hydrogen-bond donors (Lipinski definition) is 1. The standard InChI is InChI=1S/C28H31Cl2N7O2/c1-18-15-32-19(13-22(18)29)16-37-25(35-24-26(37)33-17-34-27(24)39-28(2)5-6-28)21-4-3-20(14-23(21)30)38-12-11-36-9-7-31-8-10-36/h3-4,13-15,17,31H,5-12,16H2,1-2H3. The normalized spacial score (nSPS) is 16.9. The molecule has 3 aromatic heterocycles. The predicted octanol–water partition coefficient (Wildman–Crippen LogP) is 4.77. The molecule has 1 saturated carbocycles. The van der Waals surface area contributed by atoms with Gasteiger partial charge < -0.3 is 19.4 Å².